The number of carbonyl (C=O) groups is 2. The minimum Gasteiger partial charge on any atom is -0.339 e. The van der Waals surface area contributed by atoms with Crippen LogP contribution in [-0.4, -0.2) is 56.5 Å². The number of hydrogen-bond acceptors (Lipinski definition) is 6. The van der Waals surface area contributed by atoms with Gasteiger partial charge in [0.05, 0.1) is 28.8 Å². The van der Waals surface area contributed by atoms with Crippen molar-refractivity contribution in [2.75, 3.05) is 33.0 Å². The van der Waals surface area contributed by atoms with Crippen molar-refractivity contribution in [3.63, 3.8) is 0 Å². The molecule has 0 aromatic heterocycles. The number of carbonyl (C=O) groups excluding carboxylic acids is 2. The van der Waals surface area contributed by atoms with E-state index >= 15 is 0 Å². The van der Waals surface area contributed by atoms with E-state index in [2.05, 4.69) is 5.32 Å². The number of benzene rings is 2. The van der Waals surface area contributed by atoms with Crippen LogP contribution in [0.3, 0.4) is 0 Å². The lowest BCUT2D eigenvalue weighted by Gasteiger charge is -2.18. The van der Waals surface area contributed by atoms with E-state index in [1.54, 1.807) is 38.4 Å². The number of para-hydroxylation sites is 1. The van der Waals surface area contributed by atoms with Gasteiger partial charge in [-0.05, 0) is 48.2 Å². The van der Waals surface area contributed by atoms with Crippen molar-refractivity contribution in [2.24, 2.45) is 0 Å². The molecular weight excluding hydrogens is 412 g/mol. The molecule has 10 heteroatoms. The van der Waals surface area contributed by atoms with Crippen LogP contribution >= 0.6 is 11.8 Å². The first kappa shape index (κ1) is 22.4. The predicted octanol–water partition coefficient (Wildman–Crippen LogP) is 2.59. The summed E-state index contributed by atoms with van der Waals surface area (Å²) in [4.78, 5) is 26.3. The molecule has 0 radical (unpaired) electrons. The van der Waals surface area contributed by atoms with Crippen LogP contribution in [0.15, 0.2) is 58.3 Å². The fraction of sp³-hybridized carbons (Fsp3) is 0.211. The third kappa shape index (κ3) is 5.80. The smallest absolute Gasteiger partial charge is 0.286 e. The molecular formula is C19H20N4O4S2. The Kier molecular flexibility index (Phi) is 7.39. The van der Waals surface area contributed by atoms with Gasteiger partial charge in [-0.15, -0.1) is 0 Å². The molecule has 2 amide bonds. The Hall–Kier alpha value is -2.87. The van der Waals surface area contributed by atoms with E-state index in [4.69, 9.17) is 5.26 Å². The van der Waals surface area contributed by atoms with E-state index in [0.29, 0.717) is 16.1 Å². The summed E-state index contributed by atoms with van der Waals surface area (Å²) in [7, 11) is 0.649. The van der Waals surface area contributed by atoms with Crippen molar-refractivity contribution in [1.29, 1.82) is 5.26 Å². The van der Waals surface area contributed by atoms with E-state index < -0.39 is 22.5 Å². The minimum absolute atomic E-state index is 0.0145. The van der Waals surface area contributed by atoms with Crippen LogP contribution in [0.1, 0.15) is 5.56 Å². The summed E-state index contributed by atoms with van der Waals surface area (Å²) < 4.78 is 26.2. The zero-order valence-electron chi connectivity index (χ0n) is 16.1. The number of hydrogen-bond donors (Lipinski definition) is 1. The standard InChI is InChI=1S/C19H20N4O4S2/c1-22(2)19(25)28-17-7-5-4-6-16(17)21-18(24)13-23(3)29(26,27)15-10-8-14(12-20)9-11-15/h4-11H,13H2,1-3H3,(H,21,24). The Bertz CT molecular complexity index is 1040. The van der Waals surface area contributed by atoms with Gasteiger partial charge in [0.2, 0.25) is 15.9 Å². The normalized spacial score (nSPS) is 11.0. The van der Waals surface area contributed by atoms with E-state index in [1.807, 2.05) is 6.07 Å². The Morgan fingerprint density at radius 2 is 1.69 bits per heavy atom. The number of anilines is 1. The first-order valence-corrected chi connectivity index (χ1v) is 10.7. The molecule has 0 fully saturated rings. The molecule has 2 rings (SSSR count). The van der Waals surface area contributed by atoms with E-state index in [0.717, 1.165) is 16.1 Å². The predicted molar refractivity (Wildman–Crippen MR) is 111 cm³/mol. The summed E-state index contributed by atoms with van der Waals surface area (Å²) in [6, 6.07) is 14.1. The summed E-state index contributed by atoms with van der Waals surface area (Å²) in [6.45, 7) is -0.414. The van der Waals surface area contributed by atoms with Gasteiger partial charge in [0.1, 0.15) is 0 Å². The highest BCUT2D eigenvalue weighted by Crippen LogP contribution is 2.28. The van der Waals surface area contributed by atoms with Crippen LogP contribution < -0.4 is 5.32 Å². The van der Waals surface area contributed by atoms with Gasteiger partial charge in [-0.1, -0.05) is 12.1 Å². The lowest BCUT2D eigenvalue weighted by atomic mass is 10.2. The highest BCUT2D eigenvalue weighted by molar-refractivity contribution is 8.13. The monoisotopic (exact) mass is 432 g/mol. The molecule has 29 heavy (non-hydrogen) atoms. The average Bonchev–Trinajstić information content (AvgIpc) is 2.69. The molecule has 0 aliphatic rings. The van der Waals surface area contributed by atoms with E-state index in [9.17, 15) is 18.0 Å². The van der Waals surface area contributed by atoms with Crippen LogP contribution in [0.4, 0.5) is 10.5 Å². The van der Waals surface area contributed by atoms with Gasteiger partial charge in [0.15, 0.2) is 0 Å². The van der Waals surface area contributed by atoms with Gasteiger partial charge in [-0.3, -0.25) is 9.59 Å². The minimum atomic E-state index is -3.89. The van der Waals surface area contributed by atoms with Crippen molar-refractivity contribution in [3.05, 3.63) is 54.1 Å². The molecule has 0 heterocycles. The number of nitrogens with one attached hydrogen (secondary N) is 1. The SMILES string of the molecule is CN(C)C(=O)Sc1ccccc1NC(=O)CN(C)S(=O)(=O)c1ccc(C#N)cc1. The Morgan fingerprint density at radius 3 is 2.28 bits per heavy atom. The third-order valence-corrected chi connectivity index (χ3v) is 6.71. The molecule has 8 nitrogen and oxygen atoms in total. The van der Waals surface area contributed by atoms with Crippen LogP contribution in [0.2, 0.25) is 0 Å². The summed E-state index contributed by atoms with van der Waals surface area (Å²) in [5.41, 5.74) is 0.757. The topological polar surface area (TPSA) is 111 Å². The molecule has 152 valence electrons. The maximum absolute atomic E-state index is 12.6. The van der Waals surface area contributed by atoms with Gasteiger partial charge in [-0.2, -0.15) is 9.57 Å². The Labute approximate surface area is 174 Å². The van der Waals surface area contributed by atoms with Gasteiger partial charge < -0.3 is 10.2 Å². The second kappa shape index (κ2) is 9.56. The number of amides is 2. The lowest BCUT2D eigenvalue weighted by molar-refractivity contribution is -0.116. The largest absolute Gasteiger partial charge is 0.339 e. The fourth-order valence-corrected chi connectivity index (χ4v) is 4.08. The molecule has 1 N–H and O–H groups in total. The van der Waals surface area contributed by atoms with Crippen molar-refractivity contribution in [2.45, 2.75) is 9.79 Å². The second-order valence-corrected chi connectivity index (χ2v) is 9.24. The molecule has 2 aromatic rings. The molecule has 0 aliphatic carbocycles. The molecule has 0 unspecified atom stereocenters. The molecule has 0 saturated carbocycles. The van der Waals surface area contributed by atoms with Gasteiger partial charge >= 0.3 is 0 Å². The molecule has 0 saturated heterocycles. The van der Waals surface area contributed by atoms with Crippen LogP contribution in [0, 0.1) is 11.3 Å². The summed E-state index contributed by atoms with van der Waals surface area (Å²) in [6.07, 6.45) is 0. The molecule has 0 spiro atoms. The summed E-state index contributed by atoms with van der Waals surface area (Å²) in [5, 5.41) is 11.3. The molecule has 0 aliphatic heterocycles. The van der Waals surface area contributed by atoms with Crippen LogP contribution in [0.5, 0.6) is 0 Å². The van der Waals surface area contributed by atoms with Crippen LogP contribution in [0.25, 0.3) is 0 Å². The van der Waals surface area contributed by atoms with Crippen molar-refractivity contribution >= 4 is 38.6 Å². The summed E-state index contributed by atoms with van der Waals surface area (Å²) >= 11 is 0.959. The second-order valence-electron chi connectivity index (χ2n) is 6.20. The maximum Gasteiger partial charge on any atom is 0.286 e. The first-order chi connectivity index (χ1) is 13.6. The maximum atomic E-state index is 12.6. The lowest BCUT2D eigenvalue weighted by Crippen LogP contribution is -2.35. The van der Waals surface area contributed by atoms with Gasteiger partial charge in [0, 0.05) is 26.0 Å². The van der Waals surface area contributed by atoms with Gasteiger partial charge in [-0.25, -0.2) is 8.42 Å². The quantitative estimate of drug-likeness (QED) is 0.703. The average molecular weight is 433 g/mol. The van der Waals surface area contributed by atoms with Crippen molar-refractivity contribution in [3.8, 4) is 6.07 Å². The number of nitrogens with zero attached hydrogens (tertiary/aromatic N) is 3. The Balaban J connectivity index is 2.10. The number of nitriles is 1. The van der Waals surface area contributed by atoms with E-state index in [1.165, 1.54) is 36.2 Å². The Morgan fingerprint density at radius 1 is 1.07 bits per heavy atom. The van der Waals surface area contributed by atoms with Gasteiger partial charge in [0.25, 0.3) is 5.24 Å². The number of likely N-dealkylation sites (N-methyl/N-ethyl adjacent to an activating group) is 1. The zero-order valence-corrected chi connectivity index (χ0v) is 17.8. The highest BCUT2D eigenvalue weighted by Gasteiger charge is 2.23. The summed E-state index contributed by atoms with van der Waals surface area (Å²) in [5.74, 6) is -0.546. The third-order valence-electron chi connectivity index (χ3n) is 3.78. The fourth-order valence-electron chi connectivity index (χ4n) is 2.20. The van der Waals surface area contributed by atoms with Crippen molar-refractivity contribution < 1.29 is 18.0 Å². The highest BCUT2D eigenvalue weighted by atomic mass is 32.2. The van der Waals surface area contributed by atoms with Crippen LogP contribution in [-0.2, 0) is 14.8 Å². The molecule has 0 atom stereocenters. The van der Waals surface area contributed by atoms with E-state index in [-0.39, 0.29) is 10.1 Å². The molecule has 0 bridgehead atoms. The zero-order chi connectivity index (χ0) is 21.6. The number of sulfonamides is 1. The number of rotatable bonds is 6. The number of thioether (sulfide) groups is 1. The first-order valence-electron chi connectivity index (χ1n) is 8.39. The van der Waals surface area contributed by atoms with Crippen molar-refractivity contribution in [1.82, 2.24) is 9.21 Å². The molecule has 2 aromatic carbocycles.